The molecule has 24 heavy (non-hydrogen) atoms. The molecule has 6 heteroatoms. The molecule has 1 fully saturated rings. The van der Waals surface area contributed by atoms with Crippen molar-refractivity contribution >= 4 is 28.8 Å². The molecule has 0 aliphatic carbocycles. The van der Waals surface area contributed by atoms with Crippen LogP contribution in [0.3, 0.4) is 0 Å². The summed E-state index contributed by atoms with van der Waals surface area (Å²) in [5, 5.41) is 5.27. The molecule has 0 radical (unpaired) electrons. The molecular formula is C18H21ClFN2OS+. The first-order valence-electron chi connectivity index (χ1n) is 8.20. The van der Waals surface area contributed by atoms with Gasteiger partial charge in [0, 0.05) is 12.8 Å². The fourth-order valence-corrected chi connectivity index (χ4v) is 4.69. The molecule has 0 spiro atoms. The smallest absolute Gasteiger partial charge is 0.253 e. The van der Waals surface area contributed by atoms with E-state index in [1.165, 1.54) is 40.8 Å². The Kier molecular flexibility index (Phi) is 5.54. The minimum Gasteiger partial charge on any atom is -0.343 e. The zero-order valence-electron chi connectivity index (χ0n) is 13.5. The highest BCUT2D eigenvalue weighted by Crippen LogP contribution is 2.22. The zero-order chi connectivity index (χ0) is 17.1. The number of benzene rings is 1. The highest BCUT2D eigenvalue weighted by Gasteiger charge is 2.34. The van der Waals surface area contributed by atoms with Crippen LogP contribution in [0, 0.1) is 5.82 Å². The third-order valence-electron chi connectivity index (χ3n) is 4.57. The largest absolute Gasteiger partial charge is 0.343 e. The molecule has 2 aromatic rings. The molecule has 1 aromatic heterocycles. The molecule has 1 aliphatic heterocycles. The Hall–Kier alpha value is -1.43. The van der Waals surface area contributed by atoms with Gasteiger partial charge < -0.3 is 10.2 Å². The Bertz CT molecular complexity index is 701. The van der Waals surface area contributed by atoms with Gasteiger partial charge >= 0.3 is 0 Å². The summed E-state index contributed by atoms with van der Waals surface area (Å²) in [7, 11) is 0. The van der Waals surface area contributed by atoms with Crippen molar-refractivity contribution in [1.29, 1.82) is 0 Å². The fraction of sp³-hybridized carbons (Fsp3) is 0.389. The molecule has 128 valence electrons. The van der Waals surface area contributed by atoms with Crippen LogP contribution in [0.1, 0.15) is 41.0 Å². The first-order valence-corrected chi connectivity index (χ1v) is 9.46. The molecule has 3 nitrogen and oxygen atoms in total. The predicted molar refractivity (Wildman–Crippen MR) is 95.3 cm³/mol. The molecule has 1 amide bonds. The number of likely N-dealkylation sites (tertiary alicyclic amines) is 1. The van der Waals surface area contributed by atoms with Gasteiger partial charge in [0.25, 0.3) is 5.91 Å². The van der Waals surface area contributed by atoms with E-state index in [4.69, 9.17) is 11.6 Å². The highest BCUT2D eigenvalue weighted by atomic mass is 35.5. The van der Waals surface area contributed by atoms with E-state index in [2.05, 4.69) is 16.8 Å². The summed E-state index contributed by atoms with van der Waals surface area (Å²) in [6.45, 7) is 4.28. The molecule has 1 aromatic carbocycles. The standard InChI is InChI=1S/C18H20ClFN2OS/c1-12(21-18(23)14-7-6-13(20)11-15(14)19)17(16-5-4-10-24-16)22-8-2-3-9-22/h4-7,10-12,17H,2-3,8-9H2,1H3,(H,21,23)/p+1/t12-,17-/m1/s1. The molecular weight excluding hydrogens is 347 g/mol. The van der Waals surface area contributed by atoms with Crippen LogP contribution in [-0.4, -0.2) is 25.0 Å². The molecule has 0 bridgehead atoms. The lowest BCUT2D eigenvalue weighted by Crippen LogP contribution is -3.11. The van der Waals surface area contributed by atoms with Crippen molar-refractivity contribution in [3.63, 3.8) is 0 Å². The second-order valence-electron chi connectivity index (χ2n) is 6.24. The number of amides is 1. The van der Waals surface area contributed by atoms with Gasteiger partial charge in [-0.3, -0.25) is 4.79 Å². The van der Waals surface area contributed by atoms with Crippen molar-refractivity contribution < 1.29 is 14.1 Å². The quantitative estimate of drug-likeness (QED) is 0.836. The van der Waals surface area contributed by atoms with Crippen LogP contribution >= 0.6 is 22.9 Å². The van der Waals surface area contributed by atoms with Gasteiger partial charge in [-0.2, -0.15) is 0 Å². The maximum atomic E-state index is 13.2. The highest BCUT2D eigenvalue weighted by molar-refractivity contribution is 7.10. The number of rotatable bonds is 5. The van der Waals surface area contributed by atoms with Gasteiger partial charge in [-0.15, -0.1) is 11.3 Å². The number of nitrogens with one attached hydrogen (secondary N) is 2. The molecule has 3 rings (SSSR count). The third kappa shape index (κ3) is 3.79. The average Bonchev–Trinajstić information content (AvgIpc) is 3.21. The lowest BCUT2D eigenvalue weighted by molar-refractivity contribution is -0.920. The summed E-state index contributed by atoms with van der Waals surface area (Å²) < 4.78 is 13.2. The monoisotopic (exact) mass is 367 g/mol. The average molecular weight is 368 g/mol. The number of carbonyl (C=O) groups excluding carboxylic acids is 1. The van der Waals surface area contributed by atoms with Gasteiger partial charge in [0.1, 0.15) is 11.9 Å². The number of carbonyl (C=O) groups is 1. The van der Waals surface area contributed by atoms with Crippen LogP contribution in [0.25, 0.3) is 0 Å². The normalized spacial score (nSPS) is 17.6. The van der Waals surface area contributed by atoms with E-state index in [1.54, 1.807) is 11.3 Å². The van der Waals surface area contributed by atoms with Crippen LogP contribution in [0.15, 0.2) is 35.7 Å². The van der Waals surface area contributed by atoms with Crippen molar-refractivity contribution in [1.82, 2.24) is 5.32 Å². The van der Waals surface area contributed by atoms with E-state index in [0.29, 0.717) is 5.56 Å². The number of hydrogen-bond donors (Lipinski definition) is 2. The summed E-state index contributed by atoms with van der Waals surface area (Å²) in [5.74, 6) is -0.699. The first-order chi connectivity index (χ1) is 11.6. The lowest BCUT2D eigenvalue weighted by atomic mass is 10.1. The molecule has 1 aliphatic rings. The zero-order valence-corrected chi connectivity index (χ0v) is 15.1. The van der Waals surface area contributed by atoms with E-state index in [-0.39, 0.29) is 23.0 Å². The molecule has 0 saturated carbocycles. The molecule has 2 heterocycles. The van der Waals surface area contributed by atoms with Crippen LogP contribution in [0.5, 0.6) is 0 Å². The van der Waals surface area contributed by atoms with Gasteiger partial charge in [-0.05, 0) is 36.6 Å². The van der Waals surface area contributed by atoms with Crippen LogP contribution < -0.4 is 10.2 Å². The van der Waals surface area contributed by atoms with Gasteiger partial charge in [0.05, 0.1) is 34.6 Å². The topological polar surface area (TPSA) is 33.5 Å². The molecule has 2 atom stereocenters. The van der Waals surface area contributed by atoms with Gasteiger partial charge in [0.2, 0.25) is 0 Å². The minimum absolute atomic E-state index is 0.0367. The molecule has 2 N–H and O–H groups in total. The number of hydrogen-bond acceptors (Lipinski definition) is 2. The van der Waals surface area contributed by atoms with Gasteiger partial charge in [-0.25, -0.2) is 4.39 Å². The van der Waals surface area contributed by atoms with Crippen LogP contribution in [-0.2, 0) is 0 Å². The van der Waals surface area contributed by atoms with E-state index in [9.17, 15) is 9.18 Å². The maximum Gasteiger partial charge on any atom is 0.253 e. The Morgan fingerprint density at radius 1 is 1.33 bits per heavy atom. The van der Waals surface area contributed by atoms with Crippen molar-refractivity contribution in [3.05, 3.63) is 57.0 Å². The second-order valence-corrected chi connectivity index (χ2v) is 7.63. The summed E-state index contributed by atoms with van der Waals surface area (Å²) in [6.07, 6.45) is 2.45. The van der Waals surface area contributed by atoms with Crippen molar-refractivity contribution in [3.8, 4) is 0 Å². The SMILES string of the molecule is C[C@@H](NC(=O)c1ccc(F)cc1Cl)[C@H](c1cccs1)[NH+]1CCCC1. The number of quaternary nitrogens is 1. The minimum atomic E-state index is -0.442. The van der Waals surface area contributed by atoms with E-state index >= 15 is 0 Å². The summed E-state index contributed by atoms with van der Waals surface area (Å²) in [5.41, 5.74) is 0.311. The number of thiophene rings is 1. The van der Waals surface area contributed by atoms with E-state index in [1.807, 2.05) is 13.0 Å². The second kappa shape index (κ2) is 7.64. The Labute approximate surface area is 150 Å². The van der Waals surface area contributed by atoms with E-state index < -0.39 is 5.82 Å². The molecule has 0 unspecified atom stereocenters. The summed E-state index contributed by atoms with van der Waals surface area (Å²) >= 11 is 7.74. The van der Waals surface area contributed by atoms with Crippen LogP contribution in [0.2, 0.25) is 5.02 Å². The number of halogens is 2. The molecule has 1 saturated heterocycles. The third-order valence-corrected chi connectivity index (χ3v) is 5.84. The lowest BCUT2D eigenvalue weighted by Gasteiger charge is -2.29. The van der Waals surface area contributed by atoms with Gasteiger partial charge in [-0.1, -0.05) is 17.7 Å². The summed E-state index contributed by atoms with van der Waals surface area (Å²) in [6, 6.07) is 8.24. The summed E-state index contributed by atoms with van der Waals surface area (Å²) in [4.78, 5) is 15.3. The Balaban J connectivity index is 1.77. The van der Waals surface area contributed by atoms with E-state index in [0.717, 1.165) is 13.1 Å². The predicted octanol–water partition coefficient (Wildman–Crippen LogP) is 3.08. The first kappa shape index (κ1) is 17.4. The van der Waals surface area contributed by atoms with Crippen molar-refractivity contribution in [2.75, 3.05) is 13.1 Å². The fourth-order valence-electron chi connectivity index (χ4n) is 3.45. The van der Waals surface area contributed by atoms with Crippen LogP contribution in [0.4, 0.5) is 4.39 Å². The van der Waals surface area contributed by atoms with Crippen molar-refractivity contribution in [2.45, 2.75) is 31.8 Å². The Morgan fingerprint density at radius 2 is 2.08 bits per heavy atom. The Morgan fingerprint density at radius 3 is 2.71 bits per heavy atom. The van der Waals surface area contributed by atoms with Crippen molar-refractivity contribution in [2.24, 2.45) is 0 Å². The maximum absolute atomic E-state index is 13.2. The van der Waals surface area contributed by atoms with Gasteiger partial charge in [0.15, 0.2) is 0 Å².